The van der Waals surface area contributed by atoms with Gasteiger partial charge in [0.1, 0.15) is 5.75 Å². The van der Waals surface area contributed by atoms with Gasteiger partial charge in [-0.2, -0.15) is 0 Å². The summed E-state index contributed by atoms with van der Waals surface area (Å²) in [4.78, 5) is 11.6. The van der Waals surface area contributed by atoms with Crippen LogP contribution < -0.4 is 10.5 Å². The Morgan fingerprint density at radius 3 is 2.74 bits per heavy atom. The minimum absolute atomic E-state index is 0.168. The van der Waals surface area contributed by atoms with Gasteiger partial charge in [0, 0.05) is 5.69 Å². The zero-order valence-electron chi connectivity index (χ0n) is 11.4. The van der Waals surface area contributed by atoms with Gasteiger partial charge in [0.2, 0.25) is 0 Å². The average Bonchev–Trinajstić information content (AvgIpc) is 2.78. The molecule has 0 saturated heterocycles. The first-order chi connectivity index (χ1) is 9.02. The quantitative estimate of drug-likeness (QED) is 0.819. The van der Waals surface area contributed by atoms with Gasteiger partial charge in [-0.1, -0.05) is 13.3 Å². The van der Waals surface area contributed by atoms with Gasteiger partial charge in [-0.3, -0.25) is 4.79 Å². The Hall–Kier alpha value is -1.71. The number of carboxylic acid groups (broad SMARTS) is 1. The number of anilines is 1. The first-order valence-corrected chi connectivity index (χ1v) is 6.69. The van der Waals surface area contributed by atoms with Gasteiger partial charge < -0.3 is 15.6 Å². The van der Waals surface area contributed by atoms with Crippen molar-refractivity contribution in [2.24, 2.45) is 11.8 Å². The van der Waals surface area contributed by atoms with Crippen LogP contribution in [-0.2, 0) is 4.79 Å². The molecule has 19 heavy (non-hydrogen) atoms. The van der Waals surface area contributed by atoms with Crippen molar-refractivity contribution < 1.29 is 14.6 Å². The maximum absolute atomic E-state index is 11.6. The van der Waals surface area contributed by atoms with Crippen LogP contribution in [-0.4, -0.2) is 18.2 Å². The number of rotatable bonds is 4. The van der Waals surface area contributed by atoms with Crippen LogP contribution in [0, 0.1) is 11.8 Å². The Morgan fingerprint density at radius 1 is 1.47 bits per heavy atom. The molecule has 4 nitrogen and oxygen atoms in total. The number of benzene rings is 1. The Labute approximate surface area is 113 Å². The molecule has 0 bridgehead atoms. The van der Waals surface area contributed by atoms with Crippen molar-refractivity contribution in [2.75, 3.05) is 12.8 Å². The monoisotopic (exact) mass is 263 g/mol. The lowest BCUT2D eigenvalue weighted by atomic mass is 9.83. The van der Waals surface area contributed by atoms with Crippen molar-refractivity contribution >= 4 is 11.7 Å². The second-order valence-corrected chi connectivity index (χ2v) is 5.49. The smallest absolute Gasteiger partial charge is 0.311 e. The van der Waals surface area contributed by atoms with Gasteiger partial charge in [0.25, 0.3) is 0 Å². The van der Waals surface area contributed by atoms with E-state index >= 15 is 0 Å². The number of methoxy groups -OCH3 is 1. The van der Waals surface area contributed by atoms with Gasteiger partial charge in [-0.15, -0.1) is 0 Å². The molecule has 1 aromatic carbocycles. The summed E-state index contributed by atoms with van der Waals surface area (Å²) in [6, 6.07) is 5.24. The Kier molecular flexibility index (Phi) is 3.98. The molecule has 4 heteroatoms. The molecule has 1 aliphatic carbocycles. The predicted molar refractivity (Wildman–Crippen MR) is 74.3 cm³/mol. The summed E-state index contributed by atoms with van der Waals surface area (Å²) in [6.07, 6.45) is 3.00. The zero-order valence-corrected chi connectivity index (χ0v) is 11.4. The standard InChI is InChI=1S/C15H21NO3/c1-9-3-4-10(7-9)14(15(17)18)12-8-11(19-2)5-6-13(12)16/h5-6,8-10,14H,3-4,7,16H2,1-2H3,(H,17,18). The van der Waals surface area contributed by atoms with Crippen molar-refractivity contribution in [3.05, 3.63) is 23.8 Å². The van der Waals surface area contributed by atoms with E-state index in [0.29, 0.717) is 22.9 Å². The Balaban J connectivity index is 2.36. The topological polar surface area (TPSA) is 72.5 Å². The average molecular weight is 263 g/mol. The van der Waals surface area contributed by atoms with Gasteiger partial charge in [0.15, 0.2) is 0 Å². The fourth-order valence-corrected chi connectivity index (χ4v) is 3.09. The molecule has 1 aromatic rings. The molecule has 104 valence electrons. The SMILES string of the molecule is COc1ccc(N)c(C(C(=O)O)C2CCC(C)C2)c1. The van der Waals surface area contributed by atoms with E-state index in [1.165, 1.54) is 0 Å². The van der Waals surface area contributed by atoms with Crippen molar-refractivity contribution in [3.63, 3.8) is 0 Å². The van der Waals surface area contributed by atoms with E-state index in [1.54, 1.807) is 25.3 Å². The van der Waals surface area contributed by atoms with Crippen LogP contribution in [0.1, 0.15) is 37.7 Å². The number of carboxylic acids is 1. The molecule has 3 atom stereocenters. The molecule has 3 unspecified atom stereocenters. The third kappa shape index (κ3) is 2.83. The number of nitrogens with two attached hydrogens (primary N) is 1. The first-order valence-electron chi connectivity index (χ1n) is 6.69. The predicted octanol–water partition coefficient (Wildman–Crippen LogP) is 2.88. The molecule has 0 heterocycles. The summed E-state index contributed by atoms with van der Waals surface area (Å²) in [5, 5.41) is 9.57. The number of hydrogen-bond acceptors (Lipinski definition) is 3. The molecule has 1 fully saturated rings. The van der Waals surface area contributed by atoms with E-state index in [2.05, 4.69) is 6.92 Å². The molecule has 3 N–H and O–H groups in total. The third-order valence-electron chi connectivity index (χ3n) is 4.10. The van der Waals surface area contributed by atoms with E-state index < -0.39 is 11.9 Å². The number of hydrogen-bond donors (Lipinski definition) is 2. The van der Waals surface area contributed by atoms with Gasteiger partial charge >= 0.3 is 5.97 Å². The molecular formula is C15H21NO3. The summed E-state index contributed by atoms with van der Waals surface area (Å²) < 4.78 is 5.18. The molecule has 0 amide bonds. The Bertz CT molecular complexity index is 472. The maximum Gasteiger partial charge on any atom is 0.311 e. The van der Waals surface area contributed by atoms with Crippen molar-refractivity contribution in [2.45, 2.75) is 32.1 Å². The van der Waals surface area contributed by atoms with Crippen molar-refractivity contribution in [1.82, 2.24) is 0 Å². The van der Waals surface area contributed by atoms with Crippen molar-refractivity contribution in [3.8, 4) is 5.75 Å². The lowest BCUT2D eigenvalue weighted by Gasteiger charge is -2.22. The van der Waals surface area contributed by atoms with Gasteiger partial charge in [-0.05, 0) is 48.4 Å². The molecule has 0 radical (unpaired) electrons. The maximum atomic E-state index is 11.6. The number of nitrogen functional groups attached to an aromatic ring is 1. The highest BCUT2D eigenvalue weighted by molar-refractivity contribution is 5.79. The van der Waals surface area contributed by atoms with Crippen LogP contribution >= 0.6 is 0 Å². The number of carbonyl (C=O) groups is 1. The Morgan fingerprint density at radius 2 is 2.21 bits per heavy atom. The second kappa shape index (κ2) is 5.51. The minimum atomic E-state index is -0.793. The molecule has 1 aliphatic rings. The fourth-order valence-electron chi connectivity index (χ4n) is 3.09. The number of aliphatic carboxylic acids is 1. The van der Waals surface area contributed by atoms with Crippen LogP contribution in [0.15, 0.2) is 18.2 Å². The van der Waals surface area contributed by atoms with Crippen LogP contribution in [0.2, 0.25) is 0 Å². The molecule has 0 spiro atoms. The van der Waals surface area contributed by atoms with Crippen LogP contribution in [0.4, 0.5) is 5.69 Å². The summed E-state index contributed by atoms with van der Waals surface area (Å²) in [7, 11) is 1.57. The third-order valence-corrected chi connectivity index (χ3v) is 4.10. The highest BCUT2D eigenvalue weighted by Gasteiger charge is 2.35. The fraction of sp³-hybridized carbons (Fsp3) is 0.533. The molecule has 0 aromatic heterocycles. The molecular weight excluding hydrogens is 242 g/mol. The summed E-state index contributed by atoms with van der Waals surface area (Å²) in [5.41, 5.74) is 7.19. The molecule has 0 aliphatic heterocycles. The molecule has 2 rings (SSSR count). The summed E-state index contributed by atoms with van der Waals surface area (Å²) in [6.45, 7) is 2.17. The van der Waals surface area contributed by atoms with E-state index in [1.807, 2.05) is 0 Å². The lowest BCUT2D eigenvalue weighted by molar-refractivity contribution is -0.140. The van der Waals surface area contributed by atoms with Gasteiger partial charge in [0.05, 0.1) is 13.0 Å². The van der Waals surface area contributed by atoms with E-state index in [4.69, 9.17) is 10.5 Å². The van der Waals surface area contributed by atoms with Crippen LogP contribution in [0.5, 0.6) is 5.75 Å². The number of ether oxygens (including phenoxy) is 1. The largest absolute Gasteiger partial charge is 0.497 e. The zero-order chi connectivity index (χ0) is 14.0. The first kappa shape index (κ1) is 13.7. The van der Waals surface area contributed by atoms with Crippen LogP contribution in [0.3, 0.4) is 0 Å². The summed E-state index contributed by atoms with van der Waals surface area (Å²) >= 11 is 0. The van der Waals surface area contributed by atoms with E-state index in [-0.39, 0.29) is 5.92 Å². The lowest BCUT2D eigenvalue weighted by Crippen LogP contribution is -2.21. The van der Waals surface area contributed by atoms with Gasteiger partial charge in [-0.25, -0.2) is 0 Å². The van der Waals surface area contributed by atoms with Crippen molar-refractivity contribution in [1.29, 1.82) is 0 Å². The second-order valence-electron chi connectivity index (χ2n) is 5.49. The van der Waals surface area contributed by atoms with E-state index in [0.717, 1.165) is 19.3 Å². The highest BCUT2D eigenvalue weighted by Crippen LogP contribution is 2.42. The normalized spacial score (nSPS) is 24.1. The minimum Gasteiger partial charge on any atom is -0.497 e. The van der Waals surface area contributed by atoms with Crippen LogP contribution in [0.25, 0.3) is 0 Å². The van der Waals surface area contributed by atoms with E-state index in [9.17, 15) is 9.90 Å². The molecule has 1 saturated carbocycles. The highest BCUT2D eigenvalue weighted by atomic mass is 16.5. The summed E-state index contributed by atoms with van der Waals surface area (Å²) in [5.74, 6) is 0.0983.